The molecule has 2 aromatic carbocycles. The minimum atomic E-state index is -0.796. The largest absolute Gasteiger partial charge is 0.326 e. The zero-order valence-electron chi connectivity index (χ0n) is 15.3. The van der Waals surface area contributed by atoms with Gasteiger partial charge in [0.25, 0.3) is 5.91 Å². The predicted molar refractivity (Wildman–Crippen MR) is 108 cm³/mol. The summed E-state index contributed by atoms with van der Waals surface area (Å²) < 4.78 is 1.42. The number of hydrogen-bond donors (Lipinski definition) is 2. The third kappa shape index (κ3) is 3.88. The van der Waals surface area contributed by atoms with Gasteiger partial charge in [-0.1, -0.05) is 11.6 Å². The van der Waals surface area contributed by atoms with Gasteiger partial charge in [0.15, 0.2) is 11.6 Å². The first-order chi connectivity index (χ1) is 13.9. The number of ketones is 1. The number of aromatic nitrogens is 3. The van der Waals surface area contributed by atoms with Crippen molar-refractivity contribution in [3.05, 3.63) is 59.1 Å². The molecule has 1 aromatic heterocycles. The molecule has 1 atom stereocenters. The standard InChI is InChI=1S/C20H16ClN5O3/c1-11(27)12-4-8-15(9-5-12)22-17(28)10-16-19(29)24-20-23-18(25-26(16)20)13-2-6-14(21)7-3-13/h2-9,16H,10H2,1H3,(H,22,28)(H,23,24,25,29)/t16-/m0/s1. The van der Waals surface area contributed by atoms with Crippen molar-refractivity contribution < 1.29 is 14.4 Å². The molecule has 4 rings (SSSR count). The molecule has 29 heavy (non-hydrogen) atoms. The van der Waals surface area contributed by atoms with Gasteiger partial charge in [-0.05, 0) is 55.5 Å². The Bertz CT molecular complexity index is 1110. The second-order valence-electron chi connectivity index (χ2n) is 6.60. The second kappa shape index (κ2) is 7.48. The van der Waals surface area contributed by atoms with E-state index in [9.17, 15) is 14.4 Å². The number of anilines is 2. The minimum absolute atomic E-state index is 0.0549. The van der Waals surface area contributed by atoms with Crippen LogP contribution in [0.25, 0.3) is 11.4 Å². The number of rotatable bonds is 5. The fourth-order valence-corrected chi connectivity index (χ4v) is 3.13. The molecule has 0 unspecified atom stereocenters. The SMILES string of the molecule is CC(=O)c1ccc(NC(=O)C[C@H]2C(=O)Nc3nc(-c4ccc(Cl)cc4)nn32)cc1. The summed E-state index contributed by atoms with van der Waals surface area (Å²) in [7, 11) is 0. The van der Waals surface area contributed by atoms with E-state index >= 15 is 0 Å². The van der Waals surface area contributed by atoms with Crippen LogP contribution in [0.2, 0.25) is 5.02 Å². The Labute approximate surface area is 170 Å². The molecule has 0 fully saturated rings. The lowest BCUT2D eigenvalue weighted by Crippen LogP contribution is -2.23. The van der Waals surface area contributed by atoms with Crippen LogP contribution in [0.4, 0.5) is 11.6 Å². The lowest BCUT2D eigenvalue weighted by Gasteiger charge is -2.10. The van der Waals surface area contributed by atoms with Crippen molar-refractivity contribution in [1.29, 1.82) is 0 Å². The van der Waals surface area contributed by atoms with Gasteiger partial charge in [0.1, 0.15) is 6.04 Å². The van der Waals surface area contributed by atoms with Gasteiger partial charge in [-0.25, -0.2) is 4.68 Å². The van der Waals surface area contributed by atoms with Crippen LogP contribution in [-0.2, 0) is 9.59 Å². The number of amides is 2. The van der Waals surface area contributed by atoms with E-state index in [1.807, 2.05) is 0 Å². The Kier molecular flexibility index (Phi) is 4.85. The van der Waals surface area contributed by atoms with E-state index in [1.165, 1.54) is 11.6 Å². The van der Waals surface area contributed by atoms with E-state index in [2.05, 4.69) is 20.7 Å². The summed E-state index contributed by atoms with van der Waals surface area (Å²) in [6, 6.07) is 12.8. The van der Waals surface area contributed by atoms with Crippen LogP contribution < -0.4 is 10.6 Å². The van der Waals surface area contributed by atoms with Gasteiger partial charge in [-0.15, -0.1) is 5.10 Å². The van der Waals surface area contributed by atoms with E-state index in [-0.39, 0.29) is 24.0 Å². The highest BCUT2D eigenvalue weighted by Crippen LogP contribution is 2.29. The summed E-state index contributed by atoms with van der Waals surface area (Å²) in [5.41, 5.74) is 1.85. The maximum atomic E-state index is 12.4. The van der Waals surface area contributed by atoms with Crippen LogP contribution in [0.3, 0.4) is 0 Å². The van der Waals surface area contributed by atoms with E-state index in [0.717, 1.165) is 5.56 Å². The first-order valence-corrected chi connectivity index (χ1v) is 9.23. The van der Waals surface area contributed by atoms with E-state index in [1.54, 1.807) is 48.5 Å². The number of fused-ring (bicyclic) bond motifs is 1. The highest BCUT2D eigenvalue weighted by Gasteiger charge is 2.35. The minimum Gasteiger partial charge on any atom is -0.326 e. The van der Waals surface area contributed by atoms with Gasteiger partial charge in [-0.2, -0.15) is 4.98 Å². The molecule has 3 aromatic rings. The van der Waals surface area contributed by atoms with Crippen molar-refractivity contribution in [2.45, 2.75) is 19.4 Å². The fraction of sp³-hybridized carbons (Fsp3) is 0.150. The first-order valence-electron chi connectivity index (χ1n) is 8.85. The van der Waals surface area contributed by atoms with Crippen LogP contribution in [-0.4, -0.2) is 32.4 Å². The molecule has 2 amide bonds. The quantitative estimate of drug-likeness (QED) is 0.629. The van der Waals surface area contributed by atoms with Crippen LogP contribution >= 0.6 is 11.6 Å². The van der Waals surface area contributed by atoms with Gasteiger partial charge >= 0.3 is 0 Å². The number of halogens is 1. The van der Waals surface area contributed by atoms with Gasteiger partial charge < -0.3 is 5.32 Å². The zero-order valence-corrected chi connectivity index (χ0v) is 16.1. The number of nitrogens with one attached hydrogen (secondary N) is 2. The van der Waals surface area contributed by atoms with Gasteiger partial charge in [0, 0.05) is 21.8 Å². The molecule has 0 saturated carbocycles. The predicted octanol–water partition coefficient (Wildman–Crippen LogP) is 3.32. The zero-order chi connectivity index (χ0) is 20.5. The molecule has 0 radical (unpaired) electrons. The van der Waals surface area contributed by atoms with Crippen molar-refractivity contribution in [2.24, 2.45) is 0 Å². The summed E-state index contributed by atoms with van der Waals surface area (Å²) in [5, 5.41) is 10.3. The molecule has 2 N–H and O–H groups in total. The van der Waals surface area contributed by atoms with E-state index < -0.39 is 6.04 Å². The molecule has 9 heteroatoms. The molecule has 146 valence electrons. The average molecular weight is 410 g/mol. The molecule has 8 nitrogen and oxygen atoms in total. The number of nitrogens with zero attached hydrogens (tertiary/aromatic N) is 3. The van der Waals surface area contributed by atoms with Gasteiger partial charge in [0.2, 0.25) is 11.9 Å². The van der Waals surface area contributed by atoms with Crippen LogP contribution in [0, 0.1) is 0 Å². The summed E-state index contributed by atoms with van der Waals surface area (Å²) in [5.74, 6) is -0.0204. The molecular formula is C20H16ClN5O3. The van der Waals surface area contributed by atoms with Crippen molar-refractivity contribution in [3.63, 3.8) is 0 Å². The van der Waals surface area contributed by atoms with E-state index in [4.69, 9.17) is 11.6 Å². The molecule has 2 heterocycles. The number of hydrogen-bond acceptors (Lipinski definition) is 5. The van der Waals surface area contributed by atoms with Crippen molar-refractivity contribution >= 4 is 40.8 Å². The van der Waals surface area contributed by atoms with Gasteiger partial charge in [0.05, 0.1) is 6.42 Å². The maximum absolute atomic E-state index is 12.4. The number of Topliss-reactive ketones (excluding diaryl/α,β-unsaturated/α-hetero) is 1. The smallest absolute Gasteiger partial charge is 0.252 e. The normalized spacial score (nSPS) is 15.0. The molecular weight excluding hydrogens is 394 g/mol. The summed E-state index contributed by atoms with van der Waals surface area (Å²) >= 11 is 5.90. The van der Waals surface area contributed by atoms with Crippen molar-refractivity contribution in [1.82, 2.24) is 14.8 Å². The third-order valence-electron chi connectivity index (χ3n) is 4.52. The molecule has 0 aliphatic carbocycles. The Morgan fingerprint density at radius 2 is 1.83 bits per heavy atom. The van der Waals surface area contributed by atoms with Crippen LogP contribution in [0.1, 0.15) is 29.7 Å². The second-order valence-corrected chi connectivity index (χ2v) is 7.04. The Balaban J connectivity index is 1.48. The molecule has 0 bridgehead atoms. The topological polar surface area (TPSA) is 106 Å². The van der Waals surface area contributed by atoms with Crippen molar-refractivity contribution in [3.8, 4) is 11.4 Å². The first kappa shape index (κ1) is 18.8. The molecule has 1 aliphatic heterocycles. The molecule has 0 saturated heterocycles. The summed E-state index contributed by atoms with van der Waals surface area (Å²) in [4.78, 5) is 40.3. The highest BCUT2D eigenvalue weighted by molar-refractivity contribution is 6.30. The van der Waals surface area contributed by atoms with Crippen LogP contribution in [0.15, 0.2) is 48.5 Å². The number of carbonyl (C=O) groups is 3. The maximum Gasteiger partial charge on any atom is 0.252 e. The number of benzene rings is 2. The van der Waals surface area contributed by atoms with Crippen LogP contribution in [0.5, 0.6) is 0 Å². The molecule has 1 aliphatic rings. The lowest BCUT2D eigenvalue weighted by molar-refractivity contribution is -0.123. The summed E-state index contributed by atoms with van der Waals surface area (Å²) in [6.45, 7) is 1.47. The Hall–Kier alpha value is -3.52. The Morgan fingerprint density at radius 3 is 2.48 bits per heavy atom. The van der Waals surface area contributed by atoms with E-state index in [0.29, 0.717) is 28.0 Å². The Morgan fingerprint density at radius 1 is 1.14 bits per heavy atom. The number of carbonyl (C=O) groups excluding carboxylic acids is 3. The average Bonchev–Trinajstić information content (AvgIpc) is 3.21. The summed E-state index contributed by atoms with van der Waals surface area (Å²) in [6.07, 6.45) is -0.100. The monoisotopic (exact) mass is 409 g/mol. The highest BCUT2D eigenvalue weighted by atomic mass is 35.5. The van der Waals surface area contributed by atoms with Gasteiger partial charge in [-0.3, -0.25) is 19.7 Å². The molecule has 0 spiro atoms. The fourth-order valence-electron chi connectivity index (χ4n) is 3.01. The third-order valence-corrected chi connectivity index (χ3v) is 4.77. The lowest BCUT2D eigenvalue weighted by atomic mass is 10.1. The van der Waals surface area contributed by atoms with Crippen molar-refractivity contribution in [2.75, 3.05) is 10.6 Å².